The molecule has 3 nitrogen and oxygen atoms in total. The molecule has 92 valence electrons. The van der Waals surface area contributed by atoms with E-state index in [4.69, 9.17) is 0 Å². The third-order valence-corrected chi connectivity index (χ3v) is 2.45. The largest absolute Gasteiger partial charge is 0.274 e. The molecule has 2 amide bonds. The van der Waals surface area contributed by atoms with Gasteiger partial charge in [0.1, 0.15) is 0 Å². The van der Waals surface area contributed by atoms with Crippen molar-refractivity contribution in [2.45, 2.75) is 39.7 Å². The van der Waals surface area contributed by atoms with Crippen LogP contribution in [0.3, 0.4) is 0 Å². The third-order valence-electron chi connectivity index (χ3n) is 2.45. The lowest BCUT2D eigenvalue weighted by atomic mass is 10.0. The summed E-state index contributed by atoms with van der Waals surface area (Å²) >= 11 is 0. The maximum absolute atomic E-state index is 12.3. The van der Waals surface area contributed by atoms with Crippen molar-refractivity contribution in [3.05, 3.63) is 35.9 Å². The van der Waals surface area contributed by atoms with Crippen molar-refractivity contribution in [2.75, 3.05) is 0 Å². The summed E-state index contributed by atoms with van der Waals surface area (Å²) in [6.45, 7) is 7.35. The number of imide groups is 1. The summed E-state index contributed by atoms with van der Waals surface area (Å²) in [4.78, 5) is 25.5. The third kappa shape index (κ3) is 3.16. The summed E-state index contributed by atoms with van der Waals surface area (Å²) in [5.74, 6) is -0.378. The van der Waals surface area contributed by atoms with Crippen LogP contribution in [0.5, 0.6) is 0 Å². The van der Waals surface area contributed by atoms with E-state index in [0.29, 0.717) is 12.0 Å². The van der Waals surface area contributed by atoms with E-state index in [0.717, 1.165) is 0 Å². The molecular weight excluding hydrogens is 214 g/mol. The van der Waals surface area contributed by atoms with Crippen LogP contribution in [0, 0.1) is 0 Å². The van der Waals surface area contributed by atoms with Gasteiger partial charge >= 0.3 is 0 Å². The Hall–Kier alpha value is -1.64. The molecule has 0 radical (unpaired) electrons. The number of hydrogen-bond donors (Lipinski definition) is 0. The van der Waals surface area contributed by atoms with Crippen molar-refractivity contribution in [1.29, 1.82) is 0 Å². The van der Waals surface area contributed by atoms with E-state index < -0.39 is 5.54 Å². The Kier molecular flexibility index (Phi) is 4.05. The van der Waals surface area contributed by atoms with Crippen molar-refractivity contribution >= 4 is 11.8 Å². The highest BCUT2D eigenvalue weighted by atomic mass is 16.2. The lowest BCUT2D eigenvalue weighted by Gasteiger charge is -2.33. The Morgan fingerprint density at radius 2 is 1.65 bits per heavy atom. The van der Waals surface area contributed by atoms with Crippen LogP contribution in [0.25, 0.3) is 0 Å². The highest BCUT2D eigenvalue weighted by Crippen LogP contribution is 2.18. The lowest BCUT2D eigenvalue weighted by molar-refractivity contribution is -0.131. The van der Waals surface area contributed by atoms with E-state index >= 15 is 0 Å². The van der Waals surface area contributed by atoms with Crippen molar-refractivity contribution in [3.8, 4) is 0 Å². The Labute approximate surface area is 102 Å². The summed E-state index contributed by atoms with van der Waals surface area (Å²) < 4.78 is 0. The molecule has 17 heavy (non-hydrogen) atoms. The maximum Gasteiger partial charge on any atom is 0.260 e. The molecule has 0 heterocycles. The van der Waals surface area contributed by atoms with Crippen LogP contribution in [0.2, 0.25) is 0 Å². The van der Waals surface area contributed by atoms with E-state index in [1.54, 1.807) is 31.2 Å². The molecule has 0 fully saturated rings. The fourth-order valence-electron chi connectivity index (χ4n) is 1.66. The Bertz CT molecular complexity index is 404. The van der Waals surface area contributed by atoms with E-state index in [2.05, 4.69) is 0 Å². The first kappa shape index (κ1) is 13.4. The average Bonchev–Trinajstić information content (AvgIpc) is 2.28. The number of rotatable bonds is 2. The molecular formula is C14H19NO2. The Balaban J connectivity index is 3.09. The number of carbonyl (C=O) groups is 2. The van der Waals surface area contributed by atoms with Gasteiger partial charge in [0.15, 0.2) is 0 Å². The van der Waals surface area contributed by atoms with Crippen LogP contribution in [-0.4, -0.2) is 22.3 Å². The molecule has 0 saturated carbocycles. The lowest BCUT2D eigenvalue weighted by Crippen LogP contribution is -2.49. The number of carbonyl (C=O) groups excluding carboxylic acids is 2. The second-order valence-corrected chi connectivity index (χ2v) is 4.92. The summed E-state index contributed by atoms with van der Waals surface area (Å²) in [7, 11) is 0. The monoisotopic (exact) mass is 233 g/mol. The minimum atomic E-state index is -0.500. The van der Waals surface area contributed by atoms with Gasteiger partial charge in [0.05, 0.1) is 0 Å². The summed E-state index contributed by atoms with van der Waals surface area (Å²) in [5.41, 5.74) is 0.0456. The fraction of sp³-hybridized carbons (Fsp3) is 0.429. The molecule has 0 atom stereocenters. The second kappa shape index (κ2) is 5.13. The van der Waals surface area contributed by atoms with Crippen LogP contribution >= 0.6 is 0 Å². The quantitative estimate of drug-likeness (QED) is 0.787. The molecule has 0 aromatic heterocycles. The topological polar surface area (TPSA) is 37.4 Å². The Morgan fingerprint density at radius 1 is 1.12 bits per heavy atom. The average molecular weight is 233 g/mol. The van der Waals surface area contributed by atoms with E-state index in [9.17, 15) is 9.59 Å². The molecule has 3 heteroatoms. The van der Waals surface area contributed by atoms with Gasteiger partial charge in [0.25, 0.3) is 5.91 Å². The maximum atomic E-state index is 12.3. The van der Waals surface area contributed by atoms with Crippen molar-refractivity contribution in [2.24, 2.45) is 0 Å². The molecule has 0 aliphatic rings. The number of hydrogen-bond acceptors (Lipinski definition) is 2. The van der Waals surface area contributed by atoms with Crippen LogP contribution in [0.1, 0.15) is 44.5 Å². The summed E-state index contributed by atoms with van der Waals surface area (Å²) in [6, 6.07) is 8.89. The highest BCUT2D eigenvalue weighted by Gasteiger charge is 2.31. The van der Waals surface area contributed by atoms with Gasteiger partial charge in [-0.05, 0) is 32.9 Å². The zero-order valence-corrected chi connectivity index (χ0v) is 10.9. The predicted molar refractivity (Wildman–Crippen MR) is 67.7 cm³/mol. The zero-order valence-electron chi connectivity index (χ0n) is 10.9. The summed E-state index contributed by atoms with van der Waals surface area (Å²) in [6.07, 6.45) is 0.329. The highest BCUT2D eigenvalue weighted by molar-refractivity contribution is 6.05. The first-order chi connectivity index (χ1) is 7.88. The number of amides is 2. The predicted octanol–water partition coefficient (Wildman–Crippen LogP) is 2.86. The van der Waals surface area contributed by atoms with Gasteiger partial charge in [0, 0.05) is 17.5 Å². The van der Waals surface area contributed by atoms with Gasteiger partial charge in [-0.1, -0.05) is 25.1 Å². The molecule has 1 rings (SSSR count). The van der Waals surface area contributed by atoms with Crippen LogP contribution in [0.15, 0.2) is 30.3 Å². The minimum Gasteiger partial charge on any atom is -0.274 e. The standard InChI is InChI=1S/C14H19NO2/c1-5-12(16)15(14(2,3)4)13(17)11-9-7-6-8-10-11/h6-10H,5H2,1-4H3. The summed E-state index contributed by atoms with van der Waals surface area (Å²) in [5, 5.41) is 0. The first-order valence-electron chi connectivity index (χ1n) is 5.80. The van der Waals surface area contributed by atoms with E-state index in [1.807, 2.05) is 26.8 Å². The van der Waals surface area contributed by atoms with Crippen molar-refractivity contribution in [1.82, 2.24) is 4.90 Å². The van der Waals surface area contributed by atoms with Gasteiger partial charge in [-0.25, -0.2) is 0 Å². The van der Waals surface area contributed by atoms with Crippen LogP contribution in [0.4, 0.5) is 0 Å². The molecule has 1 aromatic rings. The van der Waals surface area contributed by atoms with Crippen LogP contribution in [-0.2, 0) is 4.79 Å². The normalized spacial score (nSPS) is 11.1. The van der Waals surface area contributed by atoms with E-state index in [1.165, 1.54) is 4.90 Å². The van der Waals surface area contributed by atoms with Gasteiger partial charge in [0.2, 0.25) is 5.91 Å². The molecule has 0 unspecified atom stereocenters. The molecule has 1 aromatic carbocycles. The minimum absolute atomic E-state index is 0.147. The molecule has 0 bridgehead atoms. The Morgan fingerprint density at radius 3 is 2.06 bits per heavy atom. The van der Waals surface area contributed by atoms with Gasteiger partial charge in [-0.15, -0.1) is 0 Å². The molecule has 0 saturated heterocycles. The second-order valence-electron chi connectivity index (χ2n) is 4.92. The van der Waals surface area contributed by atoms with Crippen LogP contribution < -0.4 is 0 Å². The molecule has 0 aliphatic carbocycles. The molecule has 0 spiro atoms. The van der Waals surface area contributed by atoms with Crippen molar-refractivity contribution in [3.63, 3.8) is 0 Å². The zero-order chi connectivity index (χ0) is 13.1. The van der Waals surface area contributed by atoms with E-state index in [-0.39, 0.29) is 11.8 Å². The number of nitrogens with zero attached hydrogens (tertiary/aromatic N) is 1. The first-order valence-corrected chi connectivity index (χ1v) is 5.80. The molecule has 0 N–H and O–H groups in total. The SMILES string of the molecule is CCC(=O)N(C(=O)c1ccccc1)C(C)(C)C. The molecule has 0 aliphatic heterocycles. The van der Waals surface area contributed by atoms with Gasteiger partial charge < -0.3 is 0 Å². The fourth-order valence-corrected chi connectivity index (χ4v) is 1.66. The van der Waals surface area contributed by atoms with Gasteiger partial charge in [-0.3, -0.25) is 14.5 Å². The number of benzene rings is 1. The van der Waals surface area contributed by atoms with Gasteiger partial charge in [-0.2, -0.15) is 0 Å². The van der Waals surface area contributed by atoms with Crippen molar-refractivity contribution < 1.29 is 9.59 Å². The smallest absolute Gasteiger partial charge is 0.260 e.